The number of hydrogen-bond donors (Lipinski definition) is 1. The molecule has 0 aliphatic carbocycles. The molecule has 0 bridgehead atoms. The molecule has 8 heteroatoms. The van der Waals surface area contributed by atoms with Crippen molar-refractivity contribution in [2.75, 3.05) is 31.1 Å². The summed E-state index contributed by atoms with van der Waals surface area (Å²) in [6, 6.07) is 5.16. The second kappa shape index (κ2) is 7.76. The van der Waals surface area contributed by atoms with Gasteiger partial charge in [-0.1, -0.05) is 13.0 Å². The number of hydrogen-bond acceptors (Lipinski definition) is 3. The molecule has 1 aromatic rings. The fourth-order valence-corrected chi connectivity index (χ4v) is 2.89. The fourth-order valence-electron chi connectivity index (χ4n) is 2.89. The zero-order valence-corrected chi connectivity index (χ0v) is 13.9. The van der Waals surface area contributed by atoms with Gasteiger partial charge >= 0.3 is 12.1 Å². The third-order valence-corrected chi connectivity index (χ3v) is 4.22. The van der Waals surface area contributed by atoms with Crippen molar-refractivity contribution in [1.29, 1.82) is 0 Å². The quantitative estimate of drug-likeness (QED) is 0.879. The highest BCUT2D eigenvalue weighted by molar-refractivity contribution is 5.77. The average Bonchev–Trinajstić information content (AvgIpc) is 2.53. The van der Waals surface area contributed by atoms with Crippen LogP contribution in [0.4, 0.5) is 18.9 Å². The lowest BCUT2D eigenvalue weighted by molar-refractivity contribution is -0.139. The van der Waals surface area contributed by atoms with Gasteiger partial charge in [-0.15, -0.1) is 0 Å². The Morgan fingerprint density at radius 1 is 1.16 bits per heavy atom. The van der Waals surface area contributed by atoms with Crippen LogP contribution in [0.15, 0.2) is 24.3 Å². The number of benzene rings is 1. The van der Waals surface area contributed by atoms with Crippen molar-refractivity contribution >= 4 is 17.6 Å². The second-order valence-corrected chi connectivity index (χ2v) is 6.32. The Labute approximate surface area is 144 Å². The SMILES string of the molecule is C[C@@H](CC(=O)O)CC(=O)N1CCN(c2cccc(C(F)(F)F)c2)CC1. The van der Waals surface area contributed by atoms with Gasteiger partial charge in [-0.05, 0) is 24.1 Å². The summed E-state index contributed by atoms with van der Waals surface area (Å²) >= 11 is 0. The third kappa shape index (κ3) is 5.37. The van der Waals surface area contributed by atoms with Crippen LogP contribution in [0.25, 0.3) is 0 Å². The Kier molecular flexibility index (Phi) is 5.92. The van der Waals surface area contributed by atoms with Crippen LogP contribution in [0.3, 0.4) is 0 Å². The van der Waals surface area contributed by atoms with Crippen LogP contribution in [-0.4, -0.2) is 48.1 Å². The maximum absolute atomic E-state index is 12.8. The number of carbonyl (C=O) groups is 2. The van der Waals surface area contributed by atoms with Crippen LogP contribution in [0, 0.1) is 5.92 Å². The number of halogens is 3. The second-order valence-electron chi connectivity index (χ2n) is 6.32. The smallest absolute Gasteiger partial charge is 0.416 e. The number of anilines is 1. The van der Waals surface area contributed by atoms with E-state index in [1.165, 1.54) is 6.07 Å². The monoisotopic (exact) mass is 358 g/mol. The number of nitrogens with zero attached hydrogens (tertiary/aromatic N) is 2. The van der Waals surface area contributed by atoms with Gasteiger partial charge in [0.05, 0.1) is 5.56 Å². The number of carbonyl (C=O) groups excluding carboxylic acids is 1. The first-order valence-corrected chi connectivity index (χ1v) is 8.08. The Balaban J connectivity index is 1.91. The van der Waals surface area contributed by atoms with Crippen molar-refractivity contribution < 1.29 is 27.9 Å². The maximum Gasteiger partial charge on any atom is 0.416 e. The van der Waals surface area contributed by atoms with Crippen LogP contribution >= 0.6 is 0 Å². The molecule has 25 heavy (non-hydrogen) atoms. The van der Waals surface area contributed by atoms with Crippen molar-refractivity contribution in [2.24, 2.45) is 5.92 Å². The minimum atomic E-state index is -4.38. The molecule has 2 rings (SSSR count). The topological polar surface area (TPSA) is 60.9 Å². The number of piperazine rings is 1. The van der Waals surface area contributed by atoms with Crippen LogP contribution in [0.1, 0.15) is 25.3 Å². The Hall–Kier alpha value is -2.25. The summed E-state index contributed by atoms with van der Waals surface area (Å²) in [5.41, 5.74) is -0.202. The minimum absolute atomic E-state index is 0.0596. The highest BCUT2D eigenvalue weighted by atomic mass is 19.4. The summed E-state index contributed by atoms with van der Waals surface area (Å²) in [6.45, 7) is 3.43. The van der Waals surface area contributed by atoms with Crippen molar-refractivity contribution in [2.45, 2.75) is 25.9 Å². The van der Waals surface area contributed by atoms with Gasteiger partial charge in [0.2, 0.25) is 5.91 Å². The predicted molar refractivity (Wildman–Crippen MR) is 86.3 cm³/mol. The summed E-state index contributed by atoms with van der Waals surface area (Å²) in [7, 11) is 0. The molecule has 0 radical (unpaired) electrons. The summed E-state index contributed by atoms with van der Waals surface area (Å²) < 4.78 is 38.4. The molecule has 0 aromatic heterocycles. The van der Waals surface area contributed by atoms with Crippen molar-refractivity contribution in [3.05, 3.63) is 29.8 Å². The number of rotatable bonds is 5. The molecule has 0 saturated carbocycles. The fraction of sp³-hybridized carbons (Fsp3) is 0.529. The number of amides is 1. The summed E-state index contributed by atoms with van der Waals surface area (Å²) in [4.78, 5) is 26.3. The summed E-state index contributed by atoms with van der Waals surface area (Å²) in [6.07, 6.45) is -4.28. The van der Waals surface area contributed by atoms with E-state index in [4.69, 9.17) is 5.11 Å². The molecule has 1 heterocycles. The van der Waals surface area contributed by atoms with E-state index in [9.17, 15) is 22.8 Å². The zero-order chi connectivity index (χ0) is 18.6. The van der Waals surface area contributed by atoms with Gasteiger partial charge in [-0.3, -0.25) is 9.59 Å². The first-order valence-electron chi connectivity index (χ1n) is 8.08. The molecule has 0 spiro atoms. The van der Waals surface area contributed by atoms with Gasteiger partial charge in [0.15, 0.2) is 0 Å². The van der Waals surface area contributed by atoms with E-state index in [1.54, 1.807) is 17.9 Å². The van der Waals surface area contributed by atoms with Crippen LogP contribution in [-0.2, 0) is 15.8 Å². The lowest BCUT2D eigenvalue weighted by Crippen LogP contribution is -2.49. The van der Waals surface area contributed by atoms with Crippen molar-refractivity contribution in [3.63, 3.8) is 0 Å². The van der Waals surface area contributed by atoms with E-state index >= 15 is 0 Å². The van der Waals surface area contributed by atoms with E-state index in [0.29, 0.717) is 31.9 Å². The van der Waals surface area contributed by atoms with Crippen LogP contribution < -0.4 is 4.90 Å². The summed E-state index contributed by atoms with van der Waals surface area (Å²) in [5, 5.41) is 8.74. The standard InChI is InChI=1S/C17H21F3N2O3/c1-12(10-16(24)25)9-15(23)22-7-5-21(6-8-22)14-4-2-3-13(11-14)17(18,19)20/h2-4,11-12H,5-10H2,1H3,(H,24,25)/t12-/m1/s1. The van der Waals surface area contributed by atoms with Gasteiger partial charge in [0.1, 0.15) is 0 Å². The van der Waals surface area contributed by atoms with E-state index in [2.05, 4.69) is 0 Å². The highest BCUT2D eigenvalue weighted by Crippen LogP contribution is 2.31. The van der Waals surface area contributed by atoms with Gasteiger partial charge in [0.25, 0.3) is 0 Å². The molecule has 1 aromatic carbocycles. The summed E-state index contributed by atoms with van der Waals surface area (Å²) in [5.74, 6) is -1.29. The van der Waals surface area contributed by atoms with Crippen LogP contribution in [0.2, 0.25) is 0 Å². The largest absolute Gasteiger partial charge is 0.481 e. The van der Waals surface area contributed by atoms with E-state index in [-0.39, 0.29) is 24.7 Å². The first-order chi connectivity index (χ1) is 11.7. The van der Waals surface area contributed by atoms with E-state index in [1.807, 2.05) is 4.90 Å². The van der Waals surface area contributed by atoms with Gasteiger partial charge < -0.3 is 14.9 Å². The molecular formula is C17H21F3N2O3. The Bertz CT molecular complexity index is 626. The molecule has 5 nitrogen and oxygen atoms in total. The van der Waals surface area contributed by atoms with Crippen LogP contribution in [0.5, 0.6) is 0 Å². The Morgan fingerprint density at radius 3 is 2.36 bits per heavy atom. The molecule has 1 amide bonds. The normalized spacial score (nSPS) is 16.6. The molecule has 1 fully saturated rings. The number of aliphatic carboxylic acids is 1. The predicted octanol–water partition coefficient (Wildman–Crippen LogP) is 2.85. The van der Waals surface area contributed by atoms with Crippen molar-refractivity contribution in [1.82, 2.24) is 4.90 Å². The van der Waals surface area contributed by atoms with E-state index < -0.39 is 17.7 Å². The Morgan fingerprint density at radius 2 is 1.80 bits per heavy atom. The number of alkyl halides is 3. The zero-order valence-electron chi connectivity index (χ0n) is 13.9. The highest BCUT2D eigenvalue weighted by Gasteiger charge is 2.31. The van der Waals surface area contributed by atoms with Gasteiger partial charge in [-0.2, -0.15) is 13.2 Å². The molecule has 1 N–H and O–H groups in total. The first kappa shape index (κ1) is 19.1. The minimum Gasteiger partial charge on any atom is -0.481 e. The number of carboxylic acids is 1. The van der Waals surface area contributed by atoms with Gasteiger partial charge in [-0.25, -0.2) is 0 Å². The average molecular weight is 358 g/mol. The molecule has 1 atom stereocenters. The molecule has 0 unspecified atom stereocenters. The maximum atomic E-state index is 12.8. The third-order valence-electron chi connectivity index (χ3n) is 4.22. The lowest BCUT2D eigenvalue weighted by atomic mass is 10.0. The molecular weight excluding hydrogens is 337 g/mol. The van der Waals surface area contributed by atoms with E-state index in [0.717, 1.165) is 12.1 Å². The molecule has 1 saturated heterocycles. The van der Waals surface area contributed by atoms with Crippen molar-refractivity contribution in [3.8, 4) is 0 Å². The molecule has 1 aliphatic rings. The van der Waals surface area contributed by atoms with Gasteiger partial charge in [0, 0.05) is 44.7 Å². The lowest BCUT2D eigenvalue weighted by Gasteiger charge is -2.36. The molecule has 138 valence electrons. The molecule has 1 aliphatic heterocycles. The number of carboxylic acid groups (broad SMARTS) is 1.